The molecular weight excluding hydrogens is 204 g/mol. The van der Waals surface area contributed by atoms with Gasteiger partial charge in [0.15, 0.2) is 0 Å². The minimum Gasteiger partial charge on any atom is -0.211 e. The zero-order valence-electron chi connectivity index (χ0n) is 9.11. The van der Waals surface area contributed by atoms with Crippen molar-refractivity contribution in [2.24, 2.45) is 21.8 Å². The van der Waals surface area contributed by atoms with Gasteiger partial charge in [-0.05, 0) is 50.4 Å². The fourth-order valence-corrected chi connectivity index (χ4v) is 4.62. The third kappa shape index (κ3) is 1.31. The van der Waals surface area contributed by atoms with Gasteiger partial charge in [-0.25, -0.2) is 9.59 Å². The predicted octanol–water partition coefficient (Wildman–Crippen LogP) is 1.75. The second kappa shape index (κ2) is 3.13. The van der Waals surface area contributed by atoms with Crippen LogP contribution in [0, 0.1) is 11.8 Å². The molecule has 0 aliphatic heterocycles. The smallest absolute Gasteiger partial charge is 0.211 e. The fourth-order valence-electron chi connectivity index (χ4n) is 4.62. The van der Waals surface area contributed by atoms with Crippen molar-refractivity contribution in [1.29, 1.82) is 0 Å². The highest BCUT2D eigenvalue weighted by Gasteiger charge is 2.58. The maximum absolute atomic E-state index is 10.6. The number of carbonyl (C=O) groups excluding carboxylic acids is 2. The van der Waals surface area contributed by atoms with Crippen LogP contribution in [0.3, 0.4) is 0 Å². The first-order valence-corrected chi connectivity index (χ1v) is 5.87. The van der Waals surface area contributed by atoms with Crippen molar-refractivity contribution < 1.29 is 9.59 Å². The molecule has 0 aromatic rings. The molecule has 4 aliphatic rings. The Hall–Kier alpha value is -1.24. The molecule has 0 heterocycles. The molecule has 4 nitrogen and oxygen atoms in total. The van der Waals surface area contributed by atoms with Crippen LogP contribution in [0.25, 0.3) is 0 Å². The highest BCUT2D eigenvalue weighted by atomic mass is 16.1. The molecule has 4 fully saturated rings. The lowest BCUT2D eigenvalue weighted by Gasteiger charge is -2.57. The Kier molecular flexibility index (Phi) is 1.95. The van der Waals surface area contributed by atoms with E-state index in [1.54, 1.807) is 12.2 Å². The minimum absolute atomic E-state index is 0.258. The second-order valence-corrected chi connectivity index (χ2v) is 5.82. The molecule has 0 atom stereocenters. The van der Waals surface area contributed by atoms with Gasteiger partial charge in [0.05, 0.1) is 11.1 Å². The Morgan fingerprint density at radius 1 is 0.875 bits per heavy atom. The number of hydrogen-bond donors (Lipinski definition) is 0. The van der Waals surface area contributed by atoms with E-state index >= 15 is 0 Å². The number of rotatable bonds is 2. The molecule has 4 bridgehead atoms. The summed E-state index contributed by atoms with van der Waals surface area (Å²) in [6, 6.07) is 0. The molecule has 4 rings (SSSR count). The van der Waals surface area contributed by atoms with Gasteiger partial charge >= 0.3 is 0 Å². The number of isocyanates is 2. The van der Waals surface area contributed by atoms with Gasteiger partial charge in [0.1, 0.15) is 0 Å². The molecule has 0 aromatic carbocycles. The zero-order valence-corrected chi connectivity index (χ0v) is 9.11. The van der Waals surface area contributed by atoms with Crippen LogP contribution in [0.5, 0.6) is 0 Å². The first-order chi connectivity index (χ1) is 7.69. The first kappa shape index (κ1) is 9.95. The maximum atomic E-state index is 10.6. The van der Waals surface area contributed by atoms with E-state index in [4.69, 9.17) is 0 Å². The Labute approximate surface area is 93.8 Å². The summed E-state index contributed by atoms with van der Waals surface area (Å²) in [6.07, 6.45) is 9.32. The van der Waals surface area contributed by atoms with Crippen molar-refractivity contribution >= 4 is 12.2 Å². The molecule has 0 amide bonds. The monoisotopic (exact) mass is 218 g/mol. The van der Waals surface area contributed by atoms with Crippen molar-refractivity contribution in [3.8, 4) is 0 Å². The predicted molar refractivity (Wildman–Crippen MR) is 56.4 cm³/mol. The minimum atomic E-state index is -0.258. The maximum Gasteiger partial charge on any atom is 0.235 e. The van der Waals surface area contributed by atoms with Crippen LogP contribution in [0.1, 0.15) is 38.5 Å². The average Bonchev–Trinajstić information content (AvgIpc) is 2.14. The average molecular weight is 218 g/mol. The van der Waals surface area contributed by atoms with Crippen LogP contribution in [-0.4, -0.2) is 23.2 Å². The van der Waals surface area contributed by atoms with E-state index in [2.05, 4.69) is 9.98 Å². The molecule has 4 saturated carbocycles. The summed E-state index contributed by atoms with van der Waals surface area (Å²) in [5.41, 5.74) is -0.516. The van der Waals surface area contributed by atoms with Crippen LogP contribution in [0.15, 0.2) is 9.98 Å². The summed E-state index contributed by atoms with van der Waals surface area (Å²) >= 11 is 0. The highest BCUT2D eigenvalue weighted by molar-refractivity contribution is 5.39. The lowest BCUT2D eigenvalue weighted by molar-refractivity contribution is -0.0148. The summed E-state index contributed by atoms with van der Waals surface area (Å²) in [7, 11) is 0. The summed E-state index contributed by atoms with van der Waals surface area (Å²) in [4.78, 5) is 29.2. The van der Waals surface area contributed by atoms with E-state index in [-0.39, 0.29) is 11.1 Å². The number of hydrogen-bond acceptors (Lipinski definition) is 4. The standard InChI is InChI=1S/C12H14N2O2/c15-7-13-11-2-9-1-10(4-11)5-12(3-9,6-11)14-8-16/h9-10H,1-6H2. The molecule has 0 unspecified atom stereocenters. The normalized spacial score (nSPS) is 48.2. The summed E-state index contributed by atoms with van der Waals surface area (Å²) in [5, 5.41) is 0. The highest BCUT2D eigenvalue weighted by Crippen LogP contribution is 2.60. The molecule has 0 spiro atoms. The Morgan fingerprint density at radius 3 is 1.69 bits per heavy atom. The van der Waals surface area contributed by atoms with Crippen LogP contribution >= 0.6 is 0 Å². The lowest BCUT2D eigenvalue weighted by Crippen LogP contribution is -2.57. The van der Waals surface area contributed by atoms with Crippen molar-refractivity contribution in [2.45, 2.75) is 49.6 Å². The molecular formula is C12H14N2O2. The van der Waals surface area contributed by atoms with Crippen molar-refractivity contribution in [1.82, 2.24) is 0 Å². The van der Waals surface area contributed by atoms with Gasteiger partial charge in [0.2, 0.25) is 12.2 Å². The third-order valence-corrected chi connectivity index (χ3v) is 4.56. The lowest BCUT2D eigenvalue weighted by atomic mass is 9.50. The molecule has 0 radical (unpaired) electrons. The molecule has 4 heteroatoms. The Morgan fingerprint density at radius 2 is 1.31 bits per heavy atom. The molecule has 84 valence electrons. The summed E-state index contributed by atoms with van der Waals surface area (Å²) < 4.78 is 0. The van der Waals surface area contributed by atoms with Gasteiger partial charge in [0.25, 0.3) is 0 Å². The van der Waals surface area contributed by atoms with E-state index in [1.807, 2.05) is 0 Å². The number of nitrogens with zero attached hydrogens (tertiary/aromatic N) is 2. The van der Waals surface area contributed by atoms with Crippen LogP contribution in [0.4, 0.5) is 0 Å². The molecule has 16 heavy (non-hydrogen) atoms. The topological polar surface area (TPSA) is 58.9 Å². The van der Waals surface area contributed by atoms with Gasteiger partial charge in [-0.1, -0.05) is 0 Å². The van der Waals surface area contributed by atoms with Crippen molar-refractivity contribution in [3.05, 3.63) is 0 Å². The first-order valence-electron chi connectivity index (χ1n) is 5.87. The van der Waals surface area contributed by atoms with Crippen LogP contribution < -0.4 is 0 Å². The number of aliphatic imine (C=N–C) groups is 2. The largest absolute Gasteiger partial charge is 0.235 e. The second-order valence-electron chi connectivity index (χ2n) is 5.82. The van der Waals surface area contributed by atoms with Crippen molar-refractivity contribution in [2.75, 3.05) is 0 Å². The molecule has 0 saturated heterocycles. The molecule has 4 aliphatic carbocycles. The summed E-state index contributed by atoms with van der Waals surface area (Å²) in [6.45, 7) is 0. The van der Waals surface area contributed by atoms with Gasteiger partial charge in [-0.15, -0.1) is 0 Å². The zero-order chi connectivity index (χ0) is 11.2. The SMILES string of the molecule is O=C=NC12CC3CC(C1)CC(N=C=O)(C3)C2. The van der Waals surface area contributed by atoms with E-state index in [0.29, 0.717) is 11.8 Å². The Bertz CT molecular complexity index is 369. The quantitative estimate of drug-likeness (QED) is 0.523. The van der Waals surface area contributed by atoms with E-state index in [0.717, 1.165) is 32.1 Å². The van der Waals surface area contributed by atoms with Gasteiger partial charge in [-0.3, -0.25) is 0 Å². The van der Waals surface area contributed by atoms with E-state index < -0.39 is 0 Å². The fraction of sp³-hybridized carbons (Fsp3) is 0.833. The van der Waals surface area contributed by atoms with Crippen molar-refractivity contribution in [3.63, 3.8) is 0 Å². The van der Waals surface area contributed by atoms with E-state index in [1.165, 1.54) is 6.42 Å². The van der Waals surface area contributed by atoms with Gasteiger partial charge in [-0.2, -0.15) is 9.98 Å². The molecule has 0 N–H and O–H groups in total. The van der Waals surface area contributed by atoms with Crippen LogP contribution in [-0.2, 0) is 9.59 Å². The van der Waals surface area contributed by atoms with Gasteiger partial charge < -0.3 is 0 Å². The van der Waals surface area contributed by atoms with E-state index in [9.17, 15) is 9.59 Å². The van der Waals surface area contributed by atoms with Gasteiger partial charge in [0, 0.05) is 0 Å². The third-order valence-electron chi connectivity index (χ3n) is 4.56. The Balaban J connectivity index is 2.02. The summed E-state index contributed by atoms with van der Waals surface area (Å²) in [5.74, 6) is 1.16. The molecule has 0 aromatic heterocycles. The van der Waals surface area contributed by atoms with Crippen LogP contribution in [0.2, 0.25) is 0 Å².